The number of hydrogen-bond donors (Lipinski definition) is 0. The molecular formula is C93H186. The Hall–Kier alpha value is 0. The van der Waals surface area contributed by atoms with Gasteiger partial charge in [-0.1, -0.05) is 384 Å². The van der Waals surface area contributed by atoms with E-state index in [2.05, 4.69) is 159 Å². The van der Waals surface area contributed by atoms with Crippen molar-refractivity contribution in [3.63, 3.8) is 0 Å². The van der Waals surface area contributed by atoms with Crippen LogP contribution in [0.2, 0.25) is 0 Å². The molecule has 0 aromatic heterocycles. The van der Waals surface area contributed by atoms with Gasteiger partial charge in [0.15, 0.2) is 0 Å². The highest BCUT2D eigenvalue weighted by atomic mass is 14.4. The first-order valence-corrected chi connectivity index (χ1v) is 43.7. The van der Waals surface area contributed by atoms with Crippen molar-refractivity contribution < 1.29 is 0 Å². The van der Waals surface area contributed by atoms with E-state index in [1.54, 1.807) is 0 Å². The first-order valence-electron chi connectivity index (χ1n) is 43.7. The van der Waals surface area contributed by atoms with Gasteiger partial charge in [-0.15, -0.1) is 0 Å². The Morgan fingerprint density at radius 3 is 0.634 bits per heavy atom. The van der Waals surface area contributed by atoms with Crippen LogP contribution in [0.25, 0.3) is 0 Å². The molecule has 0 N–H and O–H groups in total. The average Bonchev–Trinajstić information content (AvgIpc) is 2.52. The molecule has 0 amide bonds. The third kappa shape index (κ3) is 40.9. The maximum absolute atomic E-state index is 2.49. The van der Waals surface area contributed by atoms with Crippen molar-refractivity contribution >= 4 is 0 Å². The van der Waals surface area contributed by atoms with Crippen molar-refractivity contribution in [2.75, 3.05) is 0 Å². The zero-order valence-corrected chi connectivity index (χ0v) is 70.0. The molecule has 0 bridgehead atoms. The minimum absolute atomic E-state index is 0.507. The van der Waals surface area contributed by atoms with Gasteiger partial charge >= 0.3 is 0 Å². The molecule has 0 heteroatoms. The van der Waals surface area contributed by atoms with Gasteiger partial charge in [-0.2, -0.15) is 0 Å². The van der Waals surface area contributed by atoms with E-state index in [9.17, 15) is 0 Å². The van der Waals surface area contributed by atoms with E-state index in [1.807, 2.05) is 0 Å². The second kappa shape index (κ2) is 48.0. The maximum Gasteiger partial charge on any atom is -0.0277 e. The molecule has 0 aliphatic heterocycles. The Kier molecular flexibility index (Phi) is 47.0. The molecule has 0 unspecified atom stereocenters. The van der Waals surface area contributed by atoms with Crippen LogP contribution in [0, 0.1) is 71.9 Å². The van der Waals surface area contributed by atoms with Gasteiger partial charge in [0, 0.05) is 0 Å². The minimum Gasteiger partial charge on any atom is -0.0654 e. The SMILES string of the molecule is CC(C)(C)C1(C)CCCCC1.CC(C)C1(C)CCCCC1.CC(C)CC1(C)CCCC1.CC(C)CC1(C)CCCCC1.CCC1(C)CCCCC1.CCC1(C)CCCCCC1.CCC1(C)CCCCCCC1.CCCCC1(C)CCCC1.CCCCC1(C)CCCCC1. The molecule has 9 fully saturated rings. The molecule has 0 heterocycles. The summed E-state index contributed by atoms with van der Waals surface area (Å²) in [4.78, 5) is 0. The van der Waals surface area contributed by atoms with E-state index < -0.39 is 0 Å². The lowest BCUT2D eigenvalue weighted by Gasteiger charge is -2.45. The fourth-order valence-corrected chi connectivity index (χ4v) is 19.2. The normalized spacial score (nSPS) is 24.7. The van der Waals surface area contributed by atoms with Crippen molar-refractivity contribution in [2.24, 2.45) is 71.9 Å². The highest BCUT2D eigenvalue weighted by molar-refractivity contribution is 4.89. The molecule has 9 aliphatic rings. The second-order valence-electron chi connectivity index (χ2n) is 40.2. The van der Waals surface area contributed by atoms with E-state index in [4.69, 9.17) is 0 Å². The summed E-state index contributed by atoms with van der Waals surface area (Å²) in [6, 6.07) is 0. The summed E-state index contributed by atoms with van der Waals surface area (Å²) in [5.41, 5.74) is 6.82. The van der Waals surface area contributed by atoms with Gasteiger partial charge in [-0.25, -0.2) is 0 Å². The summed E-state index contributed by atoms with van der Waals surface area (Å²) in [7, 11) is 0. The highest BCUT2D eigenvalue weighted by Gasteiger charge is 2.38. The molecule has 9 aliphatic carbocycles. The molecule has 0 saturated heterocycles. The van der Waals surface area contributed by atoms with E-state index in [0.717, 1.165) is 34.0 Å². The lowest BCUT2D eigenvalue weighted by atomic mass is 9.61. The van der Waals surface area contributed by atoms with Crippen LogP contribution in [0.4, 0.5) is 0 Å². The van der Waals surface area contributed by atoms with Crippen molar-refractivity contribution in [1.82, 2.24) is 0 Å². The smallest absolute Gasteiger partial charge is 0.0277 e. The van der Waals surface area contributed by atoms with Crippen LogP contribution >= 0.6 is 0 Å². The predicted molar refractivity (Wildman–Crippen MR) is 428 cm³/mol. The summed E-state index contributed by atoms with van der Waals surface area (Å²) in [5.74, 6) is 2.66. The first-order chi connectivity index (χ1) is 43.7. The standard InChI is InChI=1S/4C11H22.4C10H20.C9H18/c1-10(2,3)11(4)8-6-5-7-9-11;1-10(2)9-11(3)7-5-4-6-8-11;1-3-11(2)9-7-5-4-6-8-10-11;1-3-4-8-11(2)9-6-5-7-10-11;1-9(2)8-10(3)6-4-5-7-10;1-9(2)10(3)7-5-4-6-8-10;1-3-10(2)8-6-4-5-7-9-10;1-3-4-7-10(2)8-5-6-9-10;1-3-9(2)7-5-4-6-8-9/h5-9H2,1-4H3;10H,4-9H2,1-3H3;2*3-10H2,1-2H3;2*9H,4-8H2,1-3H3;2*3-9H2,1-2H3;3-8H2,1-2H3. The quantitative estimate of drug-likeness (QED) is 0.152. The van der Waals surface area contributed by atoms with Gasteiger partial charge in [-0.3, -0.25) is 0 Å². The number of hydrogen-bond acceptors (Lipinski definition) is 0. The third-order valence-corrected chi connectivity index (χ3v) is 28.5. The van der Waals surface area contributed by atoms with Gasteiger partial charge in [0.2, 0.25) is 0 Å². The largest absolute Gasteiger partial charge is 0.0654 e. The Bertz CT molecular complexity index is 1660. The lowest BCUT2D eigenvalue weighted by Crippen LogP contribution is -2.34. The van der Waals surface area contributed by atoms with Crippen LogP contribution in [0.1, 0.15) is 525 Å². The number of unbranched alkanes of at least 4 members (excludes halogenated alkanes) is 2. The van der Waals surface area contributed by atoms with Crippen molar-refractivity contribution in [3.05, 3.63) is 0 Å². The van der Waals surface area contributed by atoms with E-state index in [-0.39, 0.29) is 0 Å². The Balaban J connectivity index is 0.000000523. The van der Waals surface area contributed by atoms with E-state index in [0.29, 0.717) is 37.9 Å². The predicted octanol–water partition coefficient (Wildman–Crippen LogP) is 34.4. The molecule has 9 saturated carbocycles. The van der Waals surface area contributed by atoms with Crippen molar-refractivity contribution in [1.29, 1.82) is 0 Å². The molecule has 0 aromatic carbocycles. The summed E-state index contributed by atoms with van der Waals surface area (Å²) >= 11 is 0. The van der Waals surface area contributed by atoms with Gasteiger partial charge in [0.1, 0.15) is 0 Å². The van der Waals surface area contributed by atoms with Crippen LogP contribution in [0.5, 0.6) is 0 Å². The fraction of sp³-hybridized carbons (Fsp3) is 1.00. The van der Waals surface area contributed by atoms with E-state index in [1.165, 1.54) is 366 Å². The Morgan fingerprint density at radius 2 is 0.441 bits per heavy atom. The zero-order valence-electron chi connectivity index (χ0n) is 70.0. The molecule has 0 atom stereocenters. The summed E-state index contributed by atoms with van der Waals surface area (Å²) in [6.45, 7) is 55.0. The van der Waals surface area contributed by atoms with Gasteiger partial charge in [0.05, 0.1) is 0 Å². The van der Waals surface area contributed by atoms with Crippen molar-refractivity contribution in [3.8, 4) is 0 Å². The fourth-order valence-electron chi connectivity index (χ4n) is 19.2. The molecule has 558 valence electrons. The van der Waals surface area contributed by atoms with E-state index >= 15 is 0 Å². The molecule has 0 nitrogen and oxygen atoms in total. The average molecular weight is 1300 g/mol. The number of rotatable bonds is 14. The zero-order chi connectivity index (χ0) is 70.0. The van der Waals surface area contributed by atoms with Gasteiger partial charge in [-0.05, 0) is 213 Å². The van der Waals surface area contributed by atoms with Crippen LogP contribution in [-0.2, 0) is 0 Å². The van der Waals surface area contributed by atoms with Gasteiger partial charge < -0.3 is 0 Å². The Labute approximate surface area is 593 Å². The van der Waals surface area contributed by atoms with Crippen LogP contribution in [-0.4, -0.2) is 0 Å². The molecule has 9 rings (SSSR count). The Morgan fingerprint density at radius 1 is 0.247 bits per heavy atom. The molecular weight excluding hydrogens is 1120 g/mol. The lowest BCUT2D eigenvalue weighted by molar-refractivity contribution is 0.0601. The highest BCUT2D eigenvalue weighted by Crippen LogP contribution is 2.50. The molecule has 93 heavy (non-hydrogen) atoms. The molecule has 0 spiro atoms. The van der Waals surface area contributed by atoms with Crippen LogP contribution in [0.15, 0.2) is 0 Å². The topological polar surface area (TPSA) is 0 Å². The second-order valence-corrected chi connectivity index (χ2v) is 40.2. The third-order valence-electron chi connectivity index (χ3n) is 28.5. The molecule has 0 aromatic rings. The van der Waals surface area contributed by atoms with Gasteiger partial charge in [0.25, 0.3) is 0 Å². The minimum atomic E-state index is 0.507. The first kappa shape index (κ1) is 91.0. The maximum atomic E-state index is 2.49. The molecule has 0 radical (unpaired) electrons. The summed E-state index contributed by atoms with van der Waals surface area (Å²) < 4.78 is 0. The van der Waals surface area contributed by atoms with Crippen LogP contribution < -0.4 is 0 Å². The summed E-state index contributed by atoms with van der Waals surface area (Å²) in [6.07, 6.45) is 83.5. The summed E-state index contributed by atoms with van der Waals surface area (Å²) in [5, 5.41) is 0. The monoisotopic (exact) mass is 1300 g/mol. The van der Waals surface area contributed by atoms with Crippen molar-refractivity contribution in [2.45, 2.75) is 525 Å². The van der Waals surface area contributed by atoms with Crippen LogP contribution in [0.3, 0.4) is 0 Å².